The third kappa shape index (κ3) is 4.48. The molecular weight excluding hydrogens is 450 g/mol. The largest absolute Gasteiger partial charge is 0.454 e. The molecule has 0 spiro atoms. The number of anilines is 1. The molecule has 2 aromatic heterocycles. The first-order valence-electron chi connectivity index (χ1n) is 9.96. The summed E-state index contributed by atoms with van der Waals surface area (Å²) in [5.74, 6) is 2.04. The van der Waals surface area contributed by atoms with Crippen molar-refractivity contribution in [2.24, 2.45) is 0 Å². The van der Waals surface area contributed by atoms with Crippen molar-refractivity contribution in [2.75, 3.05) is 18.7 Å². The van der Waals surface area contributed by atoms with Crippen molar-refractivity contribution in [2.45, 2.75) is 17.9 Å². The number of hydrogen-bond donors (Lipinski definition) is 1. The van der Waals surface area contributed by atoms with Crippen molar-refractivity contribution < 1.29 is 27.8 Å². The molecule has 0 saturated heterocycles. The fraction of sp³-hybridized carbons (Fsp3) is 0.182. The van der Waals surface area contributed by atoms with Crippen molar-refractivity contribution in [3.63, 3.8) is 0 Å². The molecule has 0 fully saturated rings. The Labute approximate surface area is 190 Å². The zero-order valence-corrected chi connectivity index (χ0v) is 18.1. The van der Waals surface area contributed by atoms with Crippen LogP contribution in [0.15, 0.2) is 61.3 Å². The Morgan fingerprint density at radius 1 is 1.09 bits per heavy atom. The van der Waals surface area contributed by atoms with Gasteiger partial charge in [-0.1, -0.05) is 11.8 Å². The summed E-state index contributed by atoms with van der Waals surface area (Å²) >= 11 is 1.29. The molecular formula is C22H17N3O7S. The summed E-state index contributed by atoms with van der Waals surface area (Å²) in [6.45, 7) is 2.15. The maximum atomic E-state index is 12.1. The molecule has 10 nitrogen and oxygen atoms in total. The number of carbonyl (C=O) groups excluding carboxylic acids is 1. The van der Waals surface area contributed by atoms with Crippen LogP contribution in [0, 0.1) is 0 Å². The van der Waals surface area contributed by atoms with E-state index in [4.69, 9.17) is 23.0 Å². The number of aromatic nitrogens is 2. The van der Waals surface area contributed by atoms with Crippen LogP contribution in [0.4, 0.5) is 10.5 Å². The van der Waals surface area contributed by atoms with Gasteiger partial charge in [-0.15, -0.1) is 10.2 Å². The zero-order chi connectivity index (χ0) is 22.8. The second-order valence-corrected chi connectivity index (χ2v) is 7.80. The molecule has 168 valence electrons. The average molecular weight is 467 g/mol. The molecule has 0 unspecified atom stereocenters. The van der Waals surface area contributed by atoms with E-state index >= 15 is 0 Å². The molecule has 33 heavy (non-hydrogen) atoms. The molecule has 0 saturated carbocycles. The predicted octanol–water partition coefficient (Wildman–Crippen LogP) is 4.43. The minimum absolute atomic E-state index is 0.184. The summed E-state index contributed by atoms with van der Waals surface area (Å²) in [5.41, 5.74) is 1.75. The van der Waals surface area contributed by atoms with E-state index < -0.39 is 11.7 Å². The molecule has 11 heteroatoms. The van der Waals surface area contributed by atoms with Gasteiger partial charge in [0.2, 0.25) is 12.7 Å². The second-order valence-electron chi connectivity index (χ2n) is 6.88. The van der Waals surface area contributed by atoms with E-state index in [9.17, 15) is 9.59 Å². The number of fused-ring (bicyclic) bond motifs is 2. The molecule has 0 bridgehead atoms. The summed E-state index contributed by atoms with van der Waals surface area (Å²) in [4.78, 5) is 23.7. The number of rotatable bonds is 6. The third-order valence-electron chi connectivity index (χ3n) is 4.73. The van der Waals surface area contributed by atoms with Crippen molar-refractivity contribution in [1.82, 2.24) is 10.2 Å². The van der Waals surface area contributed by atoms with Gasteiger partial charge in [-0.05, 0) is 42.8 Å². The number of nitrogens with zero attached hydrogens (tertiary/aromatic N) is 2. The number of thioether (sulfide) groups is 1. The molecule has 1 N–H and O–H groups in total. The molecule has 2 aromatic carbocycles. The van der Waals surface area contributed by atoms with Gasteiger partial charge in [0, 0.05) is 34.5 Å². The number of amides is 1. The molecule has 1 aliphatic rings. The molecule has 1 aliphatic heterocycles. The highest BCUT2D eigenvalue weighted by atomic mass is 32.2. The van der Waals surface area contributed by atoms with Gasteiger partial charge < -0.3 is 23.0 Å². The molecule has 0 radical (unpaired) electrons. The summed E-state index contributed by atoms with van der Waals surface area (Å²) in [5, 5.41) is 11.8. The van der Waals surface area contributed by atoms with Gasteiger partial charge in [0.1, 0.15) is 5.58 Å². The molecule has 5 rings (SSSR count). The first-order chi connectivity index (χ1) is 16.1. The topological polar surface area (TPSA) is 126 Å². The number of ether oxygens (including phenoxy) is 3. The van der Waals surface area contributed by atoms with Crippen LogP contribution >= 0.6 is 11.8 Å². The quantitative estimate of drug-likeness (QED) is 0.321. The highest BCUT2D eigenvalue weighted by Crippen LogP contribution is 2.36. The van der Waals surface area contributed by atoms with Gasteiger partial charge in [-0.3, -0.25) is 5.32 Å². The average Bonchev–Trinajstić information content (AvgIpc) is 3.46. The van der Waals surface area contributed by atoms with Gasteiger partial charge in [-0.2, -0.15) is 0 Å². The maximum absolute atomic E-state index is 12.1. The van der Waals surface area contributed by atoms with Crippen LogP contribution in [0.3, 0.4) is 0 Å². The lowest BCUT2D eigenvalue weighted by atomic mass is 10.1. The van der Waals surface area contributed by atoms with Gasteiger partial charge in [0.15, 0.2) is 11.5 Å². The molecule has 0 aliphatic carbocycles. The summed E-state index contributed by atoms with van der Waals surface area (Å²) < 4.78 is 26.6. The summed E-state index contributed by atoms with van der Waals surface area (Å²) in [6, 6.07) is 11.8. The highest BCUT2D eigenvalue weighted by Gasteiger charge is 2.17. The van der Waals surface area contributed by atoms with Crippen molar-refractivity contribution in [1.29, 1.82) is 0 Å². The van der Waals surface area contributed by atoms with Crippen molar-refractivity contribution >= 4 is 34.5 Å². The first kappa shape index (κ1) is 20.9. The Hall–Kier alpha value is -3.99. The Morgan fingerprint density at radius 2 is 1.97 bits per heavy atom. The van der Waals surface area contributed by atoms with E-state index in [0.717, 1.165) is 10.9 Å². The van der Waals surface area contributed by atoms with Crippen LogP contribution in [-0.2, 0) is 10.5 Å². The van der Waals surface area contributed by atoms with Crippen molar-refractivity contribution in [3.8, 4) is 23.0 Å². The standard InChI is InChI=1S/C22H17N3O7S/c1-2-28-21(27)23-14-4-5-15-13(8-19(26)31-17(15)9-14)10-33-22-25-24-20(32-22)12-3-6-16-18(7-12)30-11-29-16/h3-9H,2,10-11H2,1H3,(H,23,27). The van der Waals surface area contributed by atoms with Crippen LogP contribution in [0.2, 0.25) is 0 Å². The van der Waals surface area contributed by atoms with Gasteiger partial charge in [-0.25, -0.2) is 9.59 Å². The van der Waals surface area contributed by atoms with E-state index in [1.54, 1.807) is 37.3 Å². The fourth-order valence-electron chi connectivity index (χ4n) is 3.27. The van der Waals surface area contributed by atoms with Crippen LogP contribution in [0.25, 0.3) is 22.4 Å². The summed E-state index contributed by atoms with van der Waals surface area (Å²) in [7, 11) is 0. The van der Waals surface area contributed by atoms with E-state index in [2.05, 4.69) is 15.5 Å². The third-order valence-corrected chi connectivity index (χ3v) is 5.60. The molecule has 3 heterocycles. The first-order valence-corrected chi connectivity index (χ1v) is 10.9. The van der Waals surface area contributed by atoms with Crippen molar-refractivity contribution in [3.05, 3.63) is 58.4 Å². The Morgan fingerprint density at radius 3 is 2.85 bits per heavy atom. The Balaban J connectivity index is 1.33. The summed E-state index contributed by atoms with van der Waals surface area (Å²) in [6.07, 6.45) is -0.583. The Bertz CT molecular complexity index is 1400. The number of benzene rings is 2. The lowest BCUT2D eigenvalue weighted by Crippen LogP contribution is -2.13. The van der Waals surface area contributed by atoms with Crippen LogP contribution in [-0.4, -0.2) is 29.7 Å². The fourth-order valence-corrected chi connectivity index (χ4v) is 4.02. The zero-order valence-electron chi connectivity index (χ0n) is 17.3. The van der Waals surface area contributed by atoms with E-state index in [1.807, 2.05) is 6.07 Å². The normalized spacial score (nSPS) is 12.2. The van der Waals surface area contributed by atoms with E-state index in [0.29, 0.717) is 45.2 Å². The molecule has 4 aromatic rings. The lowest BCUT2D eigenvalue weighted by molar-refractivity contribution is 0.168. The highest BCUT2D eigenvalue weighted by molar-refractivity contribution is 7.98. The monoisotopic (exact) mass is 467 g/mol. The number of nitrogens with one attached hydrogen (secondary N) is 1. The van der Waals surface area contributed by atoms with Crippen LogP contribution < -0.4 is 20.4 Å². The van der Waals surface area contributed by atoms with Gasteiger partial charge >= 0.3 is 11.7 Å². The van der Waals surface area contributed by atoms with Gasteiger partial charge in [0.25, 0.3) is 5.22 Å². The minimum atomic E-state index is -0.583. The minimum Gasteiger partial charge on any atom is -0.454 e. The Kier molecular flexibility index (Phi) is 5.61. The van der Waals surface area contributed by atoms with Gasteiger partial charge in [0.05, 0.1) is 6.61 Å². The predicted molar refractivity (Wildman–Crippen MR) is 119 cm³/mol. The van der Waals surface area contributed by atoms with E-state index in [-0.39, 0.29) is 13.4 Å². The molecule has 0 atom stereocenters. The number of hydrogen-bond acceptors (Lipinski definition) is 10. The van der Waals surface area contributed by atoms with Crippen LogP contribution in [0.1, 0.15) is 12.5 Å². The van der Waals surface area contributed by atoms with E-state index in [1.165, 1.54) is 17.8 Å². The van der Waals surface area contributed by atoms with Crippen LogP contribution in [0.5, 0.6) is 11.5 Å². The maximum Gasteiger partial charge on any atom is 0.411 e. The smallest absolute Gasteiger partial charge is 0.411 e. The number of carbonyl (C=O) groups is 1. The lowest BCUT2D eigenvalue weighted by Gasteiger charge is -2.08. The molecule has 1 amide bonds. The second kappa shape index (κ2) is 8.87. The SMILES string of the molecule is CCOC(=O)Nc1ccc2c(CSc3nnc(-c4ccc5c(c4)OCO5)o3)cc(=O)oc2c1.